The molecule has 0 saturated carbocycles. The quantitative estimate of drug-likeness (QED) is 0.878. The molecule has 0 radical (unpaired) electrons. The van der Waals surface area contributed by atoms with Crippen LogP contribution in [0.2, 0.25) is 0 Å². The average molecular weight is 297 g/mol. The van der Waals surface area contributed by atoms with Gasteiger partial charge >= 0.3 is 0 Å². The van der Waals surface area contributed by atoms with Crippen LogP contribution in [0.1, 0.15) is 31.9 Å². The van der Waals surface area contributed by atoms with Crippen molar-refractivity contribution in [3.63, 3.8) is 0 Å². The summed E-state index contributed by atoms with van der Waals surface area (Å²) in [4.78, 5) is 0.586. The van der Waals surface area contributed by atoms with Crippen LogP contribution in [0.5, 0.6) is 0 Å². The van der Waals surface area contributed by atoms with E-state index in [1.165, 1.54) is 23.1 Å². The fourth-order valence-corrected chi connectivity index (χ4v) is 3.09. The number of benzene rings is 1. The monoisotopic (exact) mass is 297 g/mol. The normalized spacial score (nSPS) is 12.6. The summed E-state index contributed by atoms with van der Waals surface area (Å²) < 4.78 is 14.8. The van der Waals surface area contributed by atoms with E-state index in [0.29, 0.717) is 4.90 Å². The molecule has 6 heteroatoms. The lowest BCUT2D eigenvalue weighted by molar-refractivity contribution is 0.556. The van der Waals surface area contributed by atoms with E-state index in [9.17, 15) is 4.39 Å². The van der Waals surface area contributed by atoms with Crippen LogP contribution in [0, 0.1) is 5.82 Å². The third-order valence-corrected chi connectivity index (χ3v) is 4.52. The SMILES string of the molecule is CCCNC(C)c1ccc(Sc2nncs2)c(F)c1. The van der Waals surface area contributed by atoms with Crippen molar-refractivity contribution in [2.24, 2.45) is 0 Å². The molecule has 2 rings (SSSR count). The van der Waals surface area contributed by atoms with Gasteiger partial charge in [0.25, 0.3) is 0 Å². The number of aromatic nitrogens is 2. The Bertz CT molecular complexity index is 517. The van der Waals surface area contributed by atoms with Gasteiger partial charge < -0.3 is 5.32 Å². The molecule has 0 saturated heterocycles. The van der Waals surface area contributed by atoms with Gasteiger partial charge in [0.2, 0.25) is 0 Å². The Labute approximate surface area is 120 Å². The minimum atomic E-state index is -0.206. The van der Waals surface area contributed by atoms with Crippen LogP contribution in [0.3, 0.4) is 0 Å². The van der Waals surface area contributed by atoms with Crippen molar-refractivity contribution in [1.29, 1.82) is 0 Å². The summed E-state index contributed by atoms with van der Waals surface area (Å²) in [6.07, 6.45) is 1.07. The topological polar surface area (TPSA) is 37.8 Å². The summed E-state index contributed by atoms with van der Waals surface area (Å²) in [5.41, 5.74) is 2.61. The highest BCUT2D eigenvalue weighted by Gasteiger charge is 2.10. The molecule has 2 aromatic rings. The van der Waals surface area contributed by atoms with Gasteiger partial charge in [-0.05, 0) is 37.6 Å². The molecule has 3 nitrogen and oxygen atoms in total. The van der Waals surface area contributed by atoms with E-state index in [1.807, 2.05) is 13.0 Å². The maximum Gasteiger partial charge on any atom is 0.178 e. The van der Waals surface area contributed by atoms with Gasteiger partial charge in [0, 0.05) is 6.04 Å². The molecule has 1 N–H and O–H groups in total. The number of halogens is 1. The van der Waals surface area contributed by atoms with E-state index in [1.54, 1.807) is 17.6 Å². The Morgan fingerprint density at radius 1 is 1.47 bits per heavy atom. The van der Waals surface area contributed by atoms with Crippen LogP contribution in [0.25, 0.3) is 0 Å². The predicted molar refractivity (Wildman–Crippen MR) is 77.1 cm³/mol. The zero-order chi connectivity index (χ0) is 13.7. The van der Waals surface area contributed by atoms with Crippen molar-refractivity contribution in [3.05, 3.63) is 35.1 Å². The largest absolute Gasteiger partial charge is 0.310 e. The van der Waals surface area contributed by atoms with Gasteiger partial charge in [-0.15, -0.1) is 10.2 Å². The molecule has 1 aromatic heterocycles. The summed E-state index contributed by atoms with van der Waals surface area (Å²) in [6.45, 7) is 5.09. The van der Waals surface area contributed by atoms with Crippen molar-refractivity contribution in [2.75, 3.05) is 6.54 Å². The van der Waals surface area contributed by atoms with Crippen molar-refractivity contribution in [2.45, 2.75) is 35.5 Å². The number of nitrogens with zero attached hydrogens (tertiary/aromatic N) is 2. The molecule has 19 heavy (non-hydrogen) atoms. The first-order valence-corrected chi connectivity index (χ1v) is 7.87. The van der Waals surface area contributed by atoms with Crippen molar-refractivity contribution >= 4 is 23.1 Å². The standard InChI is InChI=1S/C13H16FN3S2/c1-3-6-15-9(2)10-4-5-12(11(14)7-10)19-13-17-16-8-18-13/h4-5,7-9,15H,3,6H2,1-2H3. The van der Waals surface area contributed by atoms with Crippen LogP contribution < -0.4 is 5.32 Å². The van der Waals surface area contributed by atoms with Gasteiger partial charge in [-0.2, -0.15) is 0 Å². The Hall–Kier alpha value is -0.980. The molecule has 0 bridgehead atoms. The predicted octanol–water partition coefficient (Wildman–Crippen LogP) is 3.89. The molecule has 0 aliphatic heterocycles. The second-order valence-corrected chi connectivity index (χ2v) is 6.29. The Balaban J connectivity index is 2.08. The van der Waals surface area contributed by atoms with E-state index in [4.69, 9.17) is 0 Å². The molecule has 102 valence electrons. The first-order valence-electron chi connectivity index (χ1n) is 6.17. The molecule has 0 aliphatic rings. The highest BCUT2D eigenvalue weighted by Crippen LogP contribution is 2.31. The molecule has 0 aliphatic carbocycles. The summed E-state index contributed by atoms with van der Waals surface area (Å²) in [6, 6.07) is 5.52. The minimum absolute atomic E-state index is 0.162. The third-order valence-electron chi connectivity index (χ3n) is 2.69. The maximum atomic E-state index is 14.0. The van der Waals surface area contributed by atoms with Crippen LogP contribution >= 0.6 is 23.1 Å². The van der Waals surface area contributed by atoms with Gasteiger partial charge in [-0.3, -0.25) is 0 Å². The van der Waals surface area contributed by atoms with Gasteiger partial charge in [0.15, 0.2) is 4.34 Å². The van der Waals surface area contributed by atoms with E-state index in [-0.39, 0.29) is 11.9 Å². The number of hydrogen-bond donors (Lipinski definition) is 1. The van der Waals surface area contributed by atoms with Crippen molar-refractivity contribution in [3.8, 4) is 0 Å². The molecule has 1 unspecified atom stereocenters. The zero-order valence-corrected chi connectivity index (χ0v) is 12.5. The zero-order valence-electron chi connectivity index (χ0n) is 10.9. The summed E-state index contributed by atoms with van der Waals surface area (Å²) >= 11 is 2.72. The lowest BCUT2D eigenvalue weighted by Gasteiger charge is -2.14. The Kier molecular flexibility index (Phi) is 5.30. The van der Waals surface area contributed by atoms with E-state index in [2.05, 4.69) is 22.4 Å². The molecule has 0 fully saturated rings. The number of hydrogen-bond acceptors (Lipinski definition) is 5. The molecule has 0 spiro atoms. The summed E-state index contributed by atoms with van der Waals surface area (Å²) in [5.74, 6) is -0.206. The van der Waals surface area contributed by atoms with E-state index >= 15 is 0 Å². The fraction of sp³-hybridized carbons (Fsp3) is 0.385. The molecule has 0 amide bonds. The van der Waals surface area contributed by atoms with Crippen LogP contribution in [-0.2, 0) is 0 Å². The van der Waals surface area contributed by atoms with E-state index in [0.717, 1.165) is 22.9 Å². The van der Waals surface area contributed by atoms with Crippen LogP contribution in [-0.4, -0.2) is 16.7 Å². The Morgan fingerprint density at radius 3 is 2.95 bits per heavy atom. The van der Waals surface area contributed by atoms with Gasteiger partial charge in [0.1, 0.15) is 11.3 Å². The molecular weight excluding hydrogens is 281 g/mol. The van der Waals surface area contributed by atoms with Gasteiger partial charge in [-0.1, -0.05) is 36.1 Å². The molecular formula is C13H16FN3S2. The van der Waals surface area contributed by atoms with Crippen LogP contribution in [0.4, 0.5) is 4.39 Å². The Morgan fingerprint density at radius 2 is 2.32 bits per heavy atom. The maximum absolute atomic E-state index is 14.0. The highest BCUT2D eigenvalue weighted by molar-refractivity contribution is 8.01. The second kappa shape index (κ2) is 6.98. The first kappa shape index (κ1) is 14.4. The first-order chi connectivity index (χ1) is 9.20. The molecule has 1 atom stereocenters. The van der Waals surface area contributed by atoms with Gasteiger partial charge in [-0.25, -0.2) is 4.39 Å². The average Bonchev–Trinajstić information content (AvgIpc) is 2.91. The second-order valence-electron chi connectivity index (χ2n) is 4.17. The number of nitrogens with one attached hydrogen (secondary N) is 1. The van der Waals surface area contributed by atoms with E-state index < -0.39 is 0 Å². The smallest absolute Gasteiger partial charge is 0.178 e. The lowest BCUT2D eigenvalue weighted by Crippen LogP contribution is -2.19. The lowest BCUT2D eigenvalue weighted by atomic mass is 10.1. The van der Waals surface area contributed by atoms with Gasteiger partial charge in [0.05, 0.1) is 4.90 Å². The minimum Gasteiger partial charge on any atom is -0.310 e. The fourth-order valence-electron chi connectivity index (χ4n) is 1.65. The molecule has 1 aromatic carbocycles. The summed E-state index contributed by atoms with van der Waals surface area (Å²) in [5, 5.41) is 11.0. The van der Waals surface area contributed by atoms with Crippen molar-refractivity contribution in [1.82, 2.24) is 15.5 Å². The third kappa shape index (κ3) is 3.99. The summed E-state index contributed by atoms with van der Waals surface area (Å²) in [7, 11) is 0. The molecule has 1 heterocycles. The van der Waals surface area contributed by atoms with Crippen LogP contribution in [0.15, 0.2) is 32.9 Å². The number of rotatable bonds is 6. The highest BCUT2D eigenvalue weighted by atomic mass is 32.2. The van der Waals surface area contributed by atoms with Crippen molar-refractivity contribution < 1.29 is 4.39 Å².